The standard InChI is InChI=1S/C13H11BrClN3/c14-11-6-12(17)8(7-16)4-13(11)18-10-3-1-2-9(15)5-10/h1-7,16,18H,17H2. The van der Waals surface area contributed by atoms with E-state index in [0.29, 0.717) is 16.3 Å². The summed E-state index contributed by atoms with van der Waals surface area (Å²) in [5.41, 5.74) is 8.74. The van der Waals surface area contributed by atoms with Crippen LogP contribution in [0.25, 0.3) is 0 Å². The molecule has 2 rings (SSSR count). The third kappa shape index (κ3) is 2.83. The van der Waals surface area contributed by atoms with Gasteiger partial charge in [0, 0.05) is 32.6 Å². The number of hydrogen-bond acceptors (Lipinski definition) is 3. The zero-order chi connectivity index (χ0) is 13.1. The van der Waals surface area contributed by atoms with Crippen molar-refractivity contribution >= 4 is 50.8 Å². The molecule has 0 saturated heterocycles. The van der Waals surface area contributed by atoms with Crippen LogP contribution in [0.5, 0.6) is 0 Å². The van der Waals surface area contributed by atoms with Crippen LogP contribution in [0.2, 0.25) is 5.02 Å². The van der Waals surface area contributed by atoms with Crippen LogP contribution in [-0.4, -0.2) is 6.21 Å². The zero-order valence-electron chi connectivity index (χ0n) is 9.37. The molecule has 18 heavy (non-hydrogen) atoms. The summed E-state index contributed by atoms with van der Waals surface area (Å²) in [4.78, 5) is 0. The van der Waals surface area contributed by atoms with Gasteiger partial charge in [0.05, 0.1) is 5.69 Å². The van der Waals surface area contributed by atoms with Gasteiger partial charge in [-0.3, -0.25) is 0 Å². The molecule has 0 amide bonds. The van der Waals surface area contributed by atoms with Gasteiger partial charge in [-0.05, 0) is 46.3 Å². The van der Waals surface area contributed by atoms with Crippen molar-refractivity contribution in [1.82, 2.24) is 0 Å². The molecule has 0 fully saturated rings. The summed E-state index contributed by atoms with van der Waals surface area (Å²) in [6, 6.07) is 11.0. The molecule has 0 bridgehead atoms. The number of hydrogen-bond donors (Lipinski definition) is 3. The van der Waals surface area contributed by atoms with E-state index in [1.807, 2.05) is 30.3 Å². The molecule has 0 atom stereocenters. The van der Waals surface area contributed by atoms with Crippen LogP contribution in [0.4, 0.5) is 17.1 Å². The molecule has 5 heteroatoms. The van der Waals surface area contributed by atoms with E-state index in [0.717, 1.165) is 15.8 Å². The molecule has 0 spiro atoms. The highest BCUT2D eigenvalue weighted by atomic mass is 79.9. The molecule has 2 aromatic rings. The molecule has 0 aliphatic heterocycles. The van der Waals surface area contributed by atoms with Crippen LogP contribution in [0, 0.1) is 5.41 Å². The number of halogens is 2. The molecule has 92 valence electrons. The Kier molecular flexibility index (Phi) is 3.89. The minimum atomic E-state index is 0.563. The number of rotatable bonds is 3. The lowest BCUT2D eigenvalue weighted by molar-refractivity contribution is 1.49. The molecule has 0 radical (unpaired) electrons. The fourth-order valence-corrected chi connectivity index (χ4v) is 2.20. The Hall–Kier alpha value is -1.52. The van der Waals surface area contributed by atoms with Crippen molar-refractivity contribution < 1.29 is 0 Å². The third-order valence-electron chi connectivity index (χ3n) is 2.43. The smallest absolute Gasteiger partial charge is 0.0536 e. The van der Waals surface area contributed by atoms with E-state index >= 15 is 0 Å². The second-order valence-corrected chi connectivity index (χ2v) is 5.03. The lowest BCUT2D eigenvalue weighted by Gasteiger charge is -2.11. The van der Waals surface area contributed by atoms with Gasteiger partial charge in [0.25, 0.3) is 0 Å². The second kappa shape index (κ2) is 5.42. The number of nitrogens with two attached hydrogens (primary N) is 1. The first kappa shape index (κ1) is 12.9. The normalized spacial score (nSPS) is 10.1. The highest BCUT2D eigenvalue weighted by Crippen LogP contribution is 2.30. The fraction of sp³-hybridized carbons (Fsp3) is 0. The molecular formula is C13H11BrClN3. The molecule has 0 aliphatic carbocycles. The van der Waals surface area contributed by atoms with Gasteiger partial charge in [-0.2, -0.15) is 0 Å². The molecule has 4 N–H and O–H groups in total. The highest BCUT2D eigenvalue weighted by molar-refractivity contribution is 9.10. The summed E-state index contributed by atoms with van der Waals surface area (Å²) in [7, 11) is 0. The molecule has 0 aliphatic rings. The predicted octanol–water partition coefficient (Wildman–Crippen LogP) is 4.43. The lowest BCUT2D eigenvalue weighted by atomic mass is 10.1. The van der Waals surface area contributed by atoms with E-state index < -0.39 is 0 Å². The van der Waals surface area contributed by atoms with Crippen LogP contribution in [0.3, 0.4) is 0 Å². The minimum absolute atomic E-state index is 0.563. The molecule has 0 unspecified atom stereocenters. The average molecular weight is 325 g/mol. The second-order valence-electron chi connectivity index (χ2n) is 3.74. The van der Waals surface area contributed by atoms with Crippen molar-refractivity contribution in [1.29, 1.82) is 5.41 Å². The fourth-order valence-electron chi connectivity index (χ4n) is 1.55. The zero-order valence-corrected chi connectivity index (χ0v) is 11.7. The monoisotopic (exact) mass is 323 g/mol. The average Bonchev–Trinajstić information content (AvgIpc) is 2.33. The highest BCUT2D eigenvalue weighted by Gasteiger charge is 2.05. The maximum atomic E-state index is 7.30. The molecule has 0 aromatic heterocycles. The molecule has 0 heterocycles. The van der Waals surface area contributed by atoms with Crippen molar-refractivity contribution in [3.8, 4) is 0 Å². The summed E-state index contributed by atoms with van der Waals surface area (Å²) in [5, 5.41) is 11.2. The number of benzene rings is 2. The van der Waals surface area contributed by atoms with Gasteiger partial charge in [0.15, 0.2) is 0 Å². The van der Waals surface area contributed by atoms with E-state index in [9.17, 15) is 0 Å². The van der Waals surface area contributed by atoms with Crippen LogP contribution in [0.15, 0.2) is 40.9 Å². The quantitative estimate of drug-likeness (QED) is 0.578. The first-order valence-electron chi connectivity index (χ1n) is 5.22. The maximum absolute atomic E-state index is 7.30. The van der Waals surface area contributed by atoms with E-state index in [4.69, 9.17) is 22.7 Å². The van der Waals surface area contributed by atoms with Crippen molar-refractivity contribution in [2.45, 2.75) is 0 Å². The Morgan fingerprint density at radius 3 is 2.72 bits per heavy atom. The van der Waals surface area contributed by atoms with Crippen molar-refractivity contribution in [3.05, 3.63) is 51.5 Å². The van der Waals surface area contributed by atoms with E-state index in [-0.39, 0.29) is 0 Å². The predicted molar refractivity (Wildman–Crippen MR) is 81.2 cm³/mol. The summed E-state index contributed by atoms with van der Waals surface area (Å²) in [6.45, 7) is 0. The van der Waals surface area contributed by atoms with Gasteiger partial charge in [-0.1, -0.05) is 17.7 Å². The molecule has 2 aromatic carbocycles. The van der Waals surface area contributed by atoms with Crippen LogP contribution in [0.1, 0.15) is 5.56 Å². The van der Waals surface area contributed by atoms with E-state index in [1.165, 1.54) is 6.21 Å². The summed E-state index contributed by atoms with van der Waals surface area (Å²) >= 11 is 9.36. The topological polar surface area (TPSA) is 61.9 Å². The van der Waals surface area contributed by atoms with Gasteiger partial charge >= 0.3 is 0 Å². The summed E-state index contributed by atoms with van der Waals surface area (Å²) in [5.74, 6) is 0. The van der Waals surface area contributed by atoms with Crippen LogP contribution in [-0.2, 0) is 0 Å². The van der Waals surface area contributed by atoms with E-state index in [1.54, 1.807) is 6.07 Å². The van der Waals surface area contributed by atoms with Crippen molar-refractivity contribution in [2.75, 3.05) is 11.1 Å². The van der Waals surface area contributed by atoms with Gasteiger partial charge in [0.2, 0.25) is 0 Å². The summed E-state index contributed by atoms with van der Waals surface area (Å²) in [6.07, 6.45) is 1.23. The number of anilines is 3. The Morgan fingerprint density at radius 2 is 2.06 bits per heavy atom. The Bertz CT molecular complexity index is 599. The Morgan fingerprint density at radius 1 is 1.28 bits per heavy atom. The maximum Gasteiger partial charge on any atom is 0.0536 e. The van der Waals surface area contributed by atoms with Gasteiger partial charge in [-0.25, -0.2) is 0 Å². The SMILES string of the molecule is N=Cc1cc(Nc2cccc(Cl)c2)c(Br)cc1N. The Labute approximate surface area is 119 Å². The van der Waals surface area contributed by atoms with Crippen molar-refractivity contribution in [3.63, 3.8) is 0 Å². The van der Waals surface area contributed by atoms with Gasteiger partial charge in [-0.15, -0.1) is 0 Å². The van der Waals surface area contributed by atoms with Gasteiger partial charge < -0.3 is 16.5 Å². The Balaban J connectivity index is 2.37. The first-order valence-corrected chi connectivity index (χ1v) is 6.39. The third-order valence-corrected chi connectivity index (χ3v) is 3.32. The first-order chi connectivity index (χ1) is 8.60. The number of nitrogens with one attached hydrogen (secondary N) is 2. The summed E-state index contributed by atoms with van der Waals surface area (Å²) < 4.78 is 0.838. The molecule has 0 saturated carbocycles. The van der Waals surface area contributed by atoms with Crippen LogP contribution >= 0.6 is 27.5 Å². The van der Waals surface area contributed by atoms with E-state index in [2.05, 4.69) is 21.2 Å². The largest absolute Gasteiger partial charge is 0.398 e. The number of nitrogen functional groups attached to an aromatic ring is 1. The minimum Gasteiger partial charge on any atom is -0.398 e. The van der Waals surface area contributed by atoms with Gasteiger partial charge in [0.1, 0.15) is 0 Å². The molecule has 3 nitrogen and oxygen atoms in total. The van der Waals surface area contributed by atoms with Crippen molar-refractivity contribution in [2.24, 2.45) is 0 Å². The molecular weight excluding hydrogens is 314 g/mol. The lowest BCUT2D eigenvalue weighted by Crippen LogP contribution is -1.97. The van der Waals surface area contributed by atoms with Crippen LogP contribution < -0.4 is 11.1 Å².